The topological polar surface area (TPSA) is 50.4 Å². The van der Waals surface area contributed by atoms with Gasteiger partial charge >= 0.3 is 0 Å². The zero-order chi connectivity index (χ0) is 12.9. The van der Waals surface area contributed by atoms with E-state index in [-0.39, 0.29) is 29.8 Å². The number of amides is 1. The maximum atomic E-state index is 11.7. The second-order valence-electron chi connectivity index (χ2n) is 5.89. The monoisotopic (exact) mass is 278 g/mol. The fourth-order valence-corrected chi connectivity index (χ4v) is 2.18. The van der Waals surface area contributed by atoms with Gasteiger partial charge in [0.15, 0.2) is 0 Å². The molecule has 0 aromatic heterocycles. The van der Waals surface area contributed by atoms with E-state index < -0.39 is 0 Å². The summed E-state index contributed by atoms with van der Waals surface area (Å²) in [6.45, 7) is 7.98. The van der Waals surface area contributed by atoms with Gasteiger partial charge in [0.25, 0.3) is 0 Å². The Kier molecular flexibility index (Phi) is 7.83. The first-order chi connectivity index (χ1) is 7.93. The number of rotatable bonds is 5. The molecule has 0 spiro atoms. The van der Waals surface area contributed by atoms with Crippen LogP contribution in [0.15, 0.2) is 0 Å². The molecular weight excluding hydrogens is 252 g/mol. The van der Waals surface area contributed by atoms with Crippen molar-refractivity contribution in [3.8, 4) is 0 Å². The van der Waals surface area contributed by atoms with E-state index in [2.05, 4.69) is 31.4 Å². The quantitative estimate of drug-likeness (QED) is 0.805. The molecule has 5 heteroatoms. The largest absolute Gasteiger partial charge is 0.379 e. The lowest BCUT2D eigenvalue weighted by Crippen LogP contribution is -2.41. The third-order valence-electron chi connectivity index (χ3n) is 3.33. The summed E-state index contributed by atoms with van der Waals surface area (Å²) in [5.74, 6) is 0.121. The van der Waals surface area contributed by atoms with Crippen LogP contribution in [0.3, 0.4) is 0 Å². The van der Waals surface area contributed by atoms with Crippen LogP contribution in [0.25, 0.3) is 0 Å². The van der Waals surface area contributed by atoms with Gasteiger partial charge in [-0.15, -0.1) is 12.4 Å². The lowest BCUT2D eigenvalue weighted by molar-refractivity contribution is -0.122. The molecular formula is C13H27ClN2O2. The van der Waals surface area contributed by atoms with Gasteiger partial charge < -0.3 is 15.4 Å². The maximum absolute atomic E-state index is 11.7. The molecule has 2 atom stereocenters. The molecule has 1 aliphatic heterocycles. The van der Waals surface area contributed by atoms with Gasteiger partial charge in [-0.2, -0.15) is 0 Å². The second-order valence-corrected chi connectivity index (χ2v) is 5.89. The highest BCUT2D eigenvalue weighted by molar-refractivity contribution is 5.85. The number of methoxy groups -OCH3 is 1. The Balaban J connectivity index is 0.00000289. The molecule has 4 nitrogen and oxygen atoms in total. The summed E-state index contributed by atoms with van der Waals surface area (Å²) >= 11 is 0. The number of nitrogens with one attached hydrogen (secondary N) is 2. The van der Waals surface area contributed by atoms with Crippen LogP contribution in [0.1, 0.15) is 40.0 Å². The van der Waals surface area contributed by atoms with Gasteiger partial charge in [-0.3, -0.25) is 4.79 Å². The third kappa shape index (κ3) is 6.03. The Morgan fingerprint density at radius 2 is 2.17 bits per heavy atom. The van der Waals surface area contributed by atoms with Crippen LogP contribution < -0.4 is 10.6 Å². The standard InChI is InChI=1S/C13H26N2O2.ClH/c1-13(2,3)11(17-4)9-15-12(16)8-10-6-5-7-14-10;/h10-11,14H,5-9H2,1-4H3,(H,15,16);1H. The van der Waals surface area contributed by atoms with Crippen LogP contribution in [-0.4, -0.2) is 38.3 Å². The first-order valence-electron chi connectivity index (χ1n) is 6.46. The minimum absolute atomic E-state index is 0. The first kappa shape index (κ1) is 17.7. The lowest BCUT2D eigenvalue weighted by atomic mass is 9.89. The predicted octanol–water partition coefficient (Wildman–Crippen LogP) is 1.73. The molecule has 0 bridgehead atoms. The molecule has 1 rings (SSSR count). The average molecular weight is 279 g/mol. The second kappa shape index (κ2) is 7.97. The van der Waals surface area contributed by atoms with Gasteiger partial charge in [0.2, 0.25) is 5.91 Å². The lowest BCUT2D eigenvalue weighted by Gasteiger charge is -2.29. The molecule has 2 unspecified atom stereocenters. The molecule has 108 valence electrons. The van der Waals surface area contributed by atoms with Crippen LogP contribution in [0, 0.1) is 5.41 Å². The van der Waals surface area contributed by atoms with Crippen molar-refractivity contribution in [2.24, 2.45) is 5.41 Å². The summed E-state index contributed by atoms with van der Waals surface area (Å²) in [5.41, 5.74) is 0.0492. The fraction of sp³-hybridized carbons (Fsp3) is 0.923. The normalized spacial score (nSPS) is 21.2. The van der Waals surface area contributed by atoms with Crippen LogP contribution >= 0.6 is 12.4 Å². The number of carbonyl (C=O) groups excluding carboxylic acids is 1. The highest BCUT2D eigenvalue weighted by Gasteiger charge is 2.25. The van der Waals surface area contributed by atoms with Crippen molar-refractivity contribution >= 4 is 18.3 Å². The average Bonchev–Trinajstić information content (AvgIpc) is 2.69. The van der Waals surface area contributed by atoms with E-state index in [1.807, 2.05) is 0 Å². The predicted molar refractivity (Wildman–Crippen MR) is 76.2 cm³/mol. The summed E-state index contributed by atoms with van der Waals surface area (Å²) < 4.78 is 5.40. The van der Waals surface area contributed by atoms with Crippen LogP contribution in [-0.2, 0) is 9.53 Å². The van der Waals surface area contributed by atoms with Crippen molar-refractivity contribution in [1.29, 1.82) is 0 Å². The van der Waals surface area contributed by atoms with Crippen molar-refractivity contribution in [3.05, 3.63) is 0 Å². The minimum atomic E-state index is 0. The van der Waals surface area contributed by atoms with Crippen molar-refractivity contribution in [2.45, 2.75) is 52.2 Å². The fourth-order valence-electron chi connectivity index (χ4n) is 2.18. The Labute approximate surface area is 117 Å². The van der Waals surface area contributed by atoms with Crippen LogP contribution in [0.4, 0.5) is 0 Å². The maximum Gasteiger partial charge on any atom is 0.221 e. The van der Waals surface area contributed by atoms with Gasteiger partial charge in [-0.1, -0.05) is 20.8 Å². The highest BCUT2D eigenvalue weighted by atomic mass is 35.5. The molecule has 0 saturated carbocycles. The SMILES string of the molecule is COC(CNC(=O)CC1CCCN1)C(C)(C)C.Cl. The molecule has 1 amide bonds. The molecule has 1 aliphatic rings. The Bertz CT molecular complexity index is 248. The summed E-state index contributed by atoms with van der Waals surface area (Å²) in [4.78, 5) is 11.7. The third-order valence-corrected chi connectivity index (χ3v) is 3.33. The summed E-state index contributed by atoms with van der Waals surface area (Å²) in [6, 6.07) is 0.366. The van der Waals surface area contributed by atoms with Crippen LogP contribution in [0.5, 0.6) is 0 Å². The Morgan fingerprint density at radius 1 is 1.50 bits per heavy atom. The van der Waals surface area contributed by atoms with E-state index in [1.54, 1.807) is 7.11 Å². The Morgan fingerprint density at radius 3 is 2.61 bits per heavy atom. The van der Waals surface area contributed by atoms with Crippen molar-refractivity contribution in [3.63, 3.8) is 0 Å². The van der Waals surface area contributed by atoms with E-state index in [0.717, 1.165) is 13.0 Å². The summed E-state index contributed by atoms with van der Waals surface area (Å²) in [5, 5.41) is 6.29. The van der Waals surface area contributed by atoms with Crippen LogP contribution in [0.2, 0.25) is 0 Å². The number of hydrogen-bond donors (Lipinski definition) is 2. The molecule has 0 radical (unpaired) electrons. The number of halogens is 1. The van der Waals surface area contributed by atoms with Gasteiger partial charge in [0.05, 0.1) is 6.10 Å². The molecule has 0 aromatic carbocycles. The van der Waals surface area contributed by atoms with Crippen molar-refractivity contribution in [1.82, 2.24) is 10.6 Å². The smallest absolute Gasteiger partial charge is 0.221 e. The summed E-state index contributed by atoms with van der Waals surface area (Å²) in [6.07, 6.45) is 2.93. The van der Waals surface area contributed by atoms with Crippen molar-refractivity contribution in [2.75, 3.05) is 20.2 Å². The van der Waals surface area contributed by atoms with Gasteiger partial charge in [-0.05, 0) is 24.8 Å². The molecule has 1 fully saturated rings. The van der Waals surface area contributed by atoms with E-state index in [4.69, 9.17) is 4.74 Å². The number of ether oxygens (including phenoxy) is 1. The van der Waals surface area contributed by atoms with Gasteiger partial charge in [-0.25, -0.2) is 0 Å². The van der Waals surface area contributed by atoms with Crippen molar-refractivity contribution < 1.29 is 9.53 Å². The molecule has 2 N–H and O–H groups in total. The van der Waals surface area contributed by atoms with E-state index >= 15 is 0 Å². The zero-order valence-corrected chi connectivity index (χ0v) is 12.7. The number of carbonyl (C=O) groups is 1. The molecule has 18 heavy (non-hydrogen) atoms. The first-order valence-corrected chi connectivity index (χ1v) is 6.46. The Hall–Kier alpha value is -0.320. The van der Waals surface area contributed by atoms with Gasteiger partial charge in [0.1, 0.15) is 0 Å². The molecule has 1 saturated heterocycles. The molecule has 1 heterocycles. The minimum Gasteiger partial charge on any atom is -0.379 e. The highest BCUT2D eigenvalue weighted by Crippen LogP contribution is 2.21. The number of hydrogen-bond acceptors (Lipinski definition) is 3. The van der Waals surface area contributed by atoms with E-state index in [0.29, 0.717) is 19.0 Å². The summed E-state index contributed by atoms with van der Waals surface area (Å²) in [7, 11) is 1.70. The molecule has 0 aliphatic carbocycles. The van der Waals surface area contributed by atoms with Gasteiger partial charge in [0, 0.05) is 26.1 Å². The zero-order valence-electron chi connectivity index (χ0n) is 11.9. The molecule has 0 aromatic rings. The van der Waals surface area contributed by atoms with E-state index in [1.165, 1.54) is 6.42 Å². The van der Waals surface area contributed by atoms with E-state index in [9.17, 15) is 4.79 Å².